The third-order valence-electron chi connectivity index (χ3n) is 3.76. The van der Waals surface area contributed by atoms with Gasteiger partial charge >= 0.3 is 5.97 Å². The molecule has 5 heteroatoms. The summed E-state index contributed by atoms with van der Waals surface area (Å²) in [6, 6.07) is 5.64. The van der Waals surface area contributed by atoms with Crippen molar-refractivity contribution >= 4 is 33.5 Å². The topological polar surface area (TPSA) is 66.4 Å². The lowest BCUT2D eigenvalue weighted by Gasteiger charge is -2.09. The number of aryl methyl sites for hydroxylation is 1. The summed E-state index contributed by atoms with van der Waals surface area (Å²) in [5.41, 5.74) is 1.23. The Morgan fingerprint density at radius 3 is 2.47 bits per heavy atom. The molecule has 1 aromatic carbocycles. The van der Waals surface area contributed by atoms with Gasteiger partial charge in [-0.15, -0.1) is 0 Å². The molecule has 0 aliphatic heterocycles. The maximum atomic E-state index is 12.2. The molecule has 0 aromatic heterocycles. The highest BCUT2D eigenvalue weighted by atomic mass is 79.9. The number of nitrogens with one attached hydrogen (secondary N) is 1. The van der Waals surface area contributed by atoms with Crippen LogP contribution in [0.1, 0.15) is 19.4 Å². The van der Waals surface area contributed by atoms with Gasteiger partial charge in [-0.2, -0.15) is 0 Å². The molecule has 0 radical (unpaired) electrons. The monoisotopic (exact) mass is 325 g/mol. The Bertz CT molecular complexity index is 554. The van der Waals surface area contributed by atoms with Gasteiger partial charge in [-0.05, 0) is 46.0 Å². The molecule has 0 bridgehead atoms. The average molecular weight is 326 g/mol. The number of halogens is 1. The predicted molar refractivity (Wildman–Crippen MR) is 75.9 cm³/mol. The first-order chi connectivity index (χ1) is 8.75. The second kappa shape index (κ2) is 4.63. The molecule has 1 aromatic rings. The van der Waals surface area contributed by atoms with Crippen molar-refractivity contribution in [1.29, 1.82) is 0 Å². The van der Waals surface area contributed by atoms with Crippen LogP contribution in [-0.4, -0.2) is 17.0 Å². The SMILES string of the molecule is Cc1ccc(Br)c(NC(=O)C2C(C(=O)O)C2(C)C)c1. The van der Waals surface area contributed by atoms with Crippen LogP contribution >= 0.6 is 15.9 Å². The minimum atomic E-state index is -0.909. The molecule has 2 rings (SSSR count). The first kappa shape index (κ1) is 14.1. The van der Waals surface area contributed by atoms with Gasteiger partial charge in [0.05, 0.1) is 17.5 Å². The highest BCUT2D eigenvalue weighted by molar-refractivity contribution is 9.10. The van der Waals surface area contributed by atoms with Crippen LogP contribution in [0, 0.1) is 24.2 Å². The third kappa shape index (κ3) is 2.52. The summed E-state index contributed by atoms with van der Waals surface area (Å²) < 4.78 is 0.789. The first-order valence-electron chi connectivity index (χ1n) is 6.05. The van der Waals surface area contributed by atoms with E-state index in [9.17, 15) is 9.59 Å². The lowest BCUT2D eigenvalue weighted by molar-refractivity contribution is -0.140. The normalized spacial score (nSPS) is 23.8. The van der Waals surface area contributed by atoms with Gasteiger partial charge in [-0.25, -0.2) is 0 Å². The molecule has 2 atom stereocenters. The summed E-state index contributed by atoms with van der Waals surface area (Å²) in [5, 5.41) is 11.9. The Balaban J connectivity index is 2.15. The highest BCUT2D eigenvalue weighted by Crippen LogP contribution is 2.58. The summed E-state index contributed by atoms with van der Waals surface area (Å²) >= 11 is 3.37. The zero-order valence-electron chi connectivity index (χ0n) is 11.0. The summed E-state index contributed by atoms with van der Waals surface area (Å²) in [7, 11) is 0. The Morgan fingerprint density at radius 2 is 1.95 bits per heavy atom. The van der Waals surface area contributed by atoms with Gasteiger partial charge in [0.1, 0.15) is 0 Å². The number of aliphatic carboxylic acids is 1. The van der Waals surface area contributed by atoms with Crippen LogP contribution < -0.4 is 5.32 Å². The fraction of sp³-hybridized carbons (Fsp3) is 0.429. The van der Waals surface area contributed by atoms with E-state index in [2.05, 4.69) is 21.2 Å². The van der Waals surface area contributed by atoms with Crippen molar-refractivity contribution in [2.24, 2.45) is 17.3 Å². The Labute approximate surface area is 120 Å². The van der Waals surface area contributed by atoms with Crippen molar-refractivity contribution in [3.63, 3.8) is 0 Å². The van der Waals surface area contributed by atoms with Gasteiger partial charge in [0.25, 0.3) is 0 Å². The molecule has 1 saturated carbocycles. The number of anilines is 1. The number of hydrogen-bond acceptors (Lipinski definition) is 2. The molecule has 0 spiro atoms. The van der Waals surface area contributed by atoms with E-state index in [-0.39, 0.29) is 5.91 Å². The van der Waals surface area contributed by atoms with Crippen LogP contribution in [-0.2, 0) is 9.59 Å². The van der Waals surface area contributed by atoms with E-state index in [1.54, 1.807) is 13.8 Å². The molecule has 0 heterocycles. The molecular formula is C14H16BrNO3. The van der Waals surface area contributed by atoms with Crippen molar-refractivity contribution in [3.8, 4) is 0 Å². The van der Waals surface area contributed by atoms with E-state index in [0.717, 1.165) is 10.0 Å². The standard InChI is InChI=1S/C14H16BrNO3/c1-7-4-5-8(15)9(6-7)16-12(17)10-11(13(18)19)14(10,2)3/h4-6,10-11H,1-3H3,(H,16,17)(H,18,19). The van der Waals surface area contributed by atoms with E-state index in [0.29, 0.717) is 5.69 Å². The number of amides is 1. The van der Waals surface area contributed by atoms with Gasteiger partial charge in [-0.3, -0.25) is 9.59 Å². The Morgan fingerprint density at radius 1 is 1.32 bits per heavy atom. The average Bonchev–Trinajstić information content (AvgIpc) is 2.87. The quantitative estimate of drug-likeness (QED) is 0.897. The van der Waals surface area contributed by atoms with Crippen LogP contribution in [0.2, 0.25) is 0 Å². The number of rotatable bonds is 3. The van der Waals surface area contributed by atoms with E-state index >= 15 is 0 Å². The number of benzene rings is 1. The van der Waals surface area contributed by atoms with E-state index < -0.39 is 23.2 Å². The molecule has 102 valence electrons. The van der Waals surface area contributed by atoms with Gasteiger partial charge in [-0.1, -0.05) is 19.9 Å². The molecule has 2 N–H and O–H groups in total. The molecular weight excluding hydrogens is 310 g/mol. The predicted octanol–water partition coefficient (Wildman–Crippen LogP) is 3.05. The van der Waals surface area contributed by atoms with Crippen LogP contribution in [0.5, 0.6) is 0 Å². The number of carboxylic acids is 1. The maximum absolute atomic E-state index is 12.2. The lowest BCUT2D eigenvalue weighted by atomic mass is 10.1. The minimum Gasteiger partial charge on any atom is -0.481 e. The lowest BCUT2D eigenvalue weighted by Crippen LogP contribution is -2.18. The summed E-state index contributed by atoms with van der Waals surface area (Å²) in [4.78, 5) is 23.2. The molecule has 1 amide bonds. The van der Waals surface area contributed by atoms with Crippen molar-refractivity contribution in [1.82, 2.24) is 0 Å². The molecule has 1 aliphatic carbocycles. The van der Waals surface area contributed by atoms with Gasteiger partial charge in [0.15, 0.2) is 0 Å². The fourth-order valence-electron chi connectivity index (χ4n) is 2.53. The second-order valence-corrected chi connectivity index (χ2v) is 6.44. The number of hydrogen-bond donors (Lipinski definition) is 2. The number of carbonyl (C=O) groups excluding carboxylic acids is 1. The zero-order valence-corrected chi connectivity index (χ0v) is 12.6. The van der Waals surface area contributed by atoms with Gasteiger partial charge < -0.3 is 10.4 Å². The van der Waals surface area contributed by atoms with Crippen molar-refractivity contribution in [3.05, 3.63) is 28.2 Å². The van der Waals surface area contributed by atoms with Crippen LogP contribution in [0.3, 0.4) is 0 Å². The van der Waals surface area contributed by atoms with Gasteiger partial charge in [0.2, 0.25) is 5.91 Å². The minimum absolute atomic E-state index is 0.233. The fourth-order valence-corrected chi connectivity index (χ4v) is 2.88. The third-order valence-corrected chi connectivity index (χ3v) is 4.45. The van der Waals surface area contributed by atoms with E-state index in [4.69, 9.17) is 5.11 Å². The van der Waals surface area contributed by atoms with Crippen LogP contribution in [0.4, 0.5) is 5.69 Å². The molecule has 1 fully saturated rings. The molecule has 19 heavy (non-hydrogen) atoms. The zero-order chi connectivity index (χ0) is 14.4. The van der Waals surface area contributed by atoms with Crippen molar-refractivity contribution < 1.29 is 14.7 Å². The molecule has 0 saturated heterocycles. The van der Waals surface area contributed by atoms with Crippen LogP contribution in [0.15, 0.2) is 22.7 Å². The summed E-state index contributed by atoms with van der Waals surface area (Å²) in [5.74, 6) is -2.22. The Hall–Kier alpha value is -1.36. The van der Waals surface area contributed by atoms with E-state index in [1.165, 1.54) is 0 Å². The van der Waals surface area contributed by atoms with Crippen LogP contribution in [0.25, 0.3) is 0 Å². The molecule has 2 unspecified atom stereocenters. The molecule has 1 aliphatic rings. The molecule has 4 nitrogen and oxygen atoms in total. The smallest absolute Gasteiger partial charge is 0.307 e. The van der Waals surface area contributed by atoms with Crippen molar-refractivity contribution in [2.45, 2.75) is 20.8 Å². The first-order valence-corrected chi connectivity index (χ1v) is 6.84. The number of carbonyl (C=O) groups is 2. The summed E-state index contributed by atoms with van der Waals surface area (Å²) in [6.07, 6.45) is 0. The van der Waals surface area contributed by atoms with Crippen molar-refractivity contribution in [2.75, 3.05) is 5.32 Å². The maximum Gasteiger partial charge on any atom is 0.307 e. The van der Waals surface area contributed by atoms with E-state index in [1.807, 2.05) is 25.1 Å². The highest BCUT2D eigenvalue weighted by Gasteiger charge is 2.65. The Kier molecular flexibility index (Phi) is 3.43. The number of carboxylic acid groups (broad SMARTS) is 1. The summed E-state index contributed by atoms with van der Waals surface area (Å²) in [6.45, 7) is 5.55. The van der Waals surface area contributed by atoms with Gasteiger partial charge in [0, 0.05) is 4.47 Å². The second-order valence-electron chi connectivity index (χ2n) is 5.59. The largest absolute Gasteiger partial charge is 0.481 e.